The maximum Gasteiger partial charge on any atom is 0.359 e. The van der Waals surface area contributed by atoms with E-state index in [0.29, 0.717) is 0 Å². The van der Waals surface area contributed by atoms with Crippen molar-refractivity contribution in [3.05, 3.63) is 0 Å². The molecule has 0 atom stereocenters. The number of carboxylic acids is 2. The Balaban J connectivity index is 2.62. The summed E-state index contributed by atoms with van der Waals surface area (Å²) in [4.78, 5) is 44.5. The van der Waals surface area contributed by atoms with Crippen molar-refractivity contribution < 1.29 is 38.9 Å². The standard InChI is InChI=1S/C8H6O8/c9-3(10)7(4(11)12)1-2-15-8(7)5(13)16-6(8)14/h1-2H2,(H,9,10)(H,11,12). The molecule has 1 spiro atoms. The fraction of sp³-hybridized carbons (Fsp3) is 0.500. The zero-order valence-electron chi connectivity index (χ0n) is 7.76. The Bertz CT molecular complexity index is 394. The van der Waals surface area contributed by atoms with E-state index < -0.39 is 41.3 Å². The van der Waals surface area contributed by atoms with Crippen LogP contribution in [0.5, 0.6) is 0 Å². The Morgan fingerprint density at radius 1 is 1.12 bits per heavy atom. The minimum absolute atomic E-state index is 0.306. The molecular formula is C8H6O8. The predicted octanol–water partition coefficient (Wildman–Crippen LogP) is -1.62. The first-order chi connectivity index (χ1) is 7.39. The van der Waals surface area contributed by atoms with E-state index in [4.69, 9.17) is 14.9 Å². The van der Waals surface area contributed by atoms with Gasteiger partial charge in [-0.3, -0.25) is 9.59 Å². The lowest BCUT2D eigenvalue weighted by atomic mass is 9.69. The highest BCUT2D eigenvalue weighted by Crippen LogP contribution is 2.50. The molecule has 2 heterocycles. The molecular weight excluding hydrogens is 224 g/mol. The SMILES string of the molecule is O=C(O)C1(C(=O)O)CCOC12C(=O)OC2=O. The Labute approximate surface area is 87.7 Å². The van der Waals surface area contributed by atoms with Gasteiger partial charge in [-0.15, -0.1) is 0 Å². The second-order valence-corrected chi connectivity index (χ2v) is 3.47. The van der Waals surface area contributed by atoms with Gasteiger partial charge in [0.15, 0.2) is 0 Å². The molecule has 0 bridgehead atoms. The number of hydrogen-bond acceptors (Lipinski definition) is 6. The van der Waals surface area contributed by atoms with Gasteiger partial charge in [0.2, 0.25) is 5.41 Å². The van der Waals surface area contributed by atoms with E-state index in [2.05, 4.69) is 4.74 Å². The van der Waals surface area contributed by atoms with Crippen molar-refractivity contribution in [1.82, 2.24) is 0 Å². The van der Waals surface area contributed by atoms with Gasteiger partial charge < -0.3 is 19.7 Å². The first-order valence-corrected chi connectivity index (χ1v) is 4.27. The van der Waals surface area contributed by atoms with E-state index in [-0.39, 0.29) is 6.61 Å². The molecule has 0 aliphatic carbocycles. The van der Waals surface area contributed by atoms with Crippen molar-refractivity contribution in [2.75, 3.05) is 6.61 Å². The Morgan fingerprint density at radius 2 is 1.62 bits per heavy atom. The van der Waals surface area contributed by atoms with E-state index in [1.165, 1.54) is 0 Å². The fourth-order valence-corrected chi connectivity index (χ4v) is 1.99. The molecule has 0 saturated carbocycles. The highest BCUT2D eigenvalue weighted by atomic mass is 16.7. The zero-order chi connectivity index (χ0) is 12.1. The molecule has 2 rings (SSSR count). The summed E-state index contributed by atoms with van der Waals surface area (Å²) in [5.74, 6) is -6.11. The molecule has 0 amide bonds. The molecule has 86 valence electrons. The second-order valence-electron chi connectivity index (χ2n) is 3.47. The third-order valence-corrected chi connectivity index (χ3v) is 2.89. The lowest BCUT2D eigenvalue weighted by Gasteiger charge is -2.39. The quantitative estimate of drug-likeness (QED) is 0.428. The molecule has 8 nitrogen and oxygen atoms in total. The van der Waals surface area contributed by atoms with E-state index in [1.807, 2.05) is 0 Å². The summed E-state index contributed by atoms with van der Waals surface area (Å²) in [5, 5.41) is 17.9. The normalized spacial score (nSPS) is 25.0. The van der Waals surface area contributed by atoms with Gasteiger partial charge >= 0.3 is 23.9 Å². The number of hydrogen-bond donors (Lipinski definition) is 2. The highest BCUT2D eigenvalue weighted by molar-refractivity contribution is 6.25. The second kappa shape index (κ2) is 2.79. The summed E-state index contributed by atoms with van der Waals surface area (Å²) < 4.78 is 8.76. The van der Waals surface area contributed by atoms with Crippen molar-refractivity contribution in [3.63, 3.8) is 0 Å². The number of carboxylic acid groups (broad SMARTS) is 2. The highest BCUT2D eigenvalue weighted by Gasteiger charge is 2.81. The lowest BCUT2D eigenvalue weighted by molar-refractivity contribution is -0.228. The first kappa shape index (κ1) is 10.6. The summed E-state index contributed by atoms with van der Waals surface area (Å²) in [6.45, 7) is -0.306. The first-order valence-electron chi connectivity index (χ1n) is 4.27. The average molecular weight is 230 g/mol. The largest absolute Gasteiger partial charge is 0.480 e. The van der Waals surface area contributed by atoms with Gasteiger partial charge in [-0.2, -0.15) is 0 Å². The van der Waals surface area contributed by atoms with Crippen LogP contribution in [-0.4, -0.2) is 46.3 Å². The van der Waals surface area contributed by atoms with Crippen molar-refractivity contribution in [1.29, 1.82) is 0 Å². The van der Waals surface area contributed by atoms with Crippen LogP contribution in [0.25, 0.3) is 0 Å². The summed E-state index contributed by atoms with van der Waals surface area (Å²) >= 11 is 0. The van der Waals surface area contributed by atoms with Crippen LogP contribution in [0.2, 0.25) is 0 Å². The number of rotatable bonds is 2. The van der Waals surface area contributed by atoms with Crippen LogP contribution in [0, 0.1) is 5.41 Å². The number of ether oxygens (including phenoxy) is 2. The molecule has 16 heavy (non-hydrogen) atoms. The molecule has 2 fully saturated rings. The molecule has 0 aromatic carbocycles. The van der Waals surface area contributed by atoms with E-state index in [9.17, 15) is 19.2 Å². The van der Waals surface area contributed by atoms with E-state index in [0.717, 1.165) is 0 Å². The van der Waals surface area contributed by atoms with Gasteiger partial charge in [-0.25, -0.2) is 9.59 Å². The maximum atomic E-state index is 11.2. The summed E-state index contributed by atoms with van der Waals surface area (Å²) in [7, 11) is 0. The van der Waals surface area contributed by atoms with Gasteiger partial charge in [0.25, 0.3) is 5.60 Å². The van der Waals surface area contributed by atoms with Crippen LogP contribution in [0.4, 0.5) is 0 Å². The molecule has 0 aromatic heterocycles. The van der Waals surface area contributed by atoms with E-state index >= 15 is 0 Å². The van der Waals surface area contributed by atoms with Crippen molar-refractivity contribution in [3.8, 4) is 0 Å². The van der Waals surface area contributed by atoms with Crippen LogP contribution >= 0.6 is 0 Å². The minimum Gasteiger partial charge on any atom is -0.480 e. The Kier molecular flexibility index (Phi) is 1.84. The monoisotopic (exact) mass is 230 g/mol. The number of cyclic esters (lactones) is 2. The topological polar surface area (TPSA) is 127 Å². The molecule has 2 saturated heterocycles. The lowest BCUT2D eigenvalue weighted by Crippen LogP contribution is -2.72. The third kappa shape index (κ3) is 0.792. The van der Waals surface area contributed by atoms with Gasteiger partial charge in [0, 0.05) is 6.42 Å². The average Bonchev–Trinajstić information content (AvgIpc) is 2.61. The van der Waals surface area contributed by atoms with Gasteiger partial charge in [-0.1, -0.05) is 0 Å². The van der Waals surface area contributed by atoms with Gasteiger partial charge in [0.05, 0.1) is 6.61 Å². The zero-order valence-corrected chi connectivity index (χ0v) is 7.76. The maximum absolute atomic E-state index is 11.2. The summed E-state index contributed by atoms with van der Waals surface area (Å²) in [6.07, 6.45) is -0.460. The number of carbonyl (C=O) groups excluding carboxylic acids is 2. The molecule has 2 N–H and O–H groups in total. The minimum atomic E-state index is -2.58. The van der Waals surface area contributed by atoms with Crippen LogP contribution in [-0.2, 0) is 28.7 Å². The summed E-state index contributed by atoms with van der Waals surface area (Å²) in [6, 6.07) is 0. The van der Waals surface area contributed by atoms with Crippen molar-refractivity contribution >= 4 is 23.9 Å². The fourth-order valence-electron chi connectivity index (χ4n) is 1.99. The molecule has 8 heteroatoms. The van der Waals surface area contributed by atoms with Crippen LogP contribution in [0.15, 0.2) is 0 Å². The Morgan fingerprint density at radius 3 is 1.94 bits per heavy atom. The van der Waals surface area contributed by atoms with Crippen LogP contribution < -0.4 is 0 Å². The van der Waals surface area contributed by atoms with Crippen LogP contribution in [0.3, 0.4) is 0 Å². The number of aliphatic carboxylic acids is 2. The van der Waals surface area contributed by atoms with Gasteiger partial charge in [0.1, 0.15) is 0 Å². The molecule has 2 aliphatic heterocycles. The smallest absolute Gasteiger partial charge is 0.359 e. The van der Waals surface area contributed by atoms with E-state index in [1.54, 1.807) is 0 Å². The molecule has 0 aromatic rings. The van der Waals surface area contributed by atoms with Gasteiger partial charge in [-0.05, 0) is 0 Å². The molecule has 2 aliphatic rings. The Hall–Kier alpha value is -1.96. The molecule has 0 radical (unpaired) electrons. The molecule has 0 unspecified atom stereocenters. The third-order valence-electron chi connectivity index (χ3n) is 2.89. The number of esters is 2. The summed E-state index contributed by atoms with van der Waals surface area (Å²) in [5.41, 5.74) is -5.09. The number of carbonyl (C=O) groups is 4. The predicted molar refractivity (Wildman–Crippen MR) is 42.1 cm³/mol. The van der Waals surface area contributed by atoms with Crippen molar-refractivity contribution in [2.24, 2.45) is 5.41 Å². The van der Waals surface area contributed by atoms with Crippen LogP contribution in [0.1, 0.15) is 6.42 Å². The van der Waals surface area contributed by atoms with Crippen molar-refractivity contribution in [2.45, 2.75) is 12.0 Å².